The minimum atomic E-state index is -0.326. The predicted molar refractivity (Wildman–Crippen MR) is 83.5 cm³/mol. The zero-order valence-electron chi connectivity index (χ0n) is 11.8. The number of aryl methyl sites for hydroxylation is 2. The van der Waals surface area contributed by atoms with E-state index >= 15 is 0 Å². The number of esters is 1. The van der Waals surface area contributed by atoms with Gasteiger partial charge in [0.15, 0.2) is 5.69 Å². The Morgan fingerprint density at radius 1 is 1.30 bits per heavy atom. The second-order valence-electron chi connectivity index (χ2n) is 4.33. The van der Waals surface area contributed by atoms with E-state index in [0.29, 0.717) is 12.3 Å². The fourth-order valence-corrected chi connectivity index (χ4v) is 3.49. The smallest absolute Gasteiger partial charge is 0.358 e. The van der Waals surface area contributed by atoms with Crippen molar-refractivity contribution in [2.24, 2.45) is 0 Å². The van der Waals surface area contributed by atoms with Crippen LogP contribution in [0.5, 0.6) is 0 Å². The minimum Gasteiger partial charge on any atom is -0.461 e. The fraction of sp³-hybridized carbons (Fsp3) is 0.333. The lowest BCUT2D eigenvalue weighted by molar-refractivity contribution is 0.0519. The van der Waals surface area contributed by atoms with Gasteiger partial charge in [-0.25, -0.2) is 9.78 Å². The molecule has 0 aliphatic heterocycles. The standard InChI is InChI=1S/C15H17NO2S2/c1-4-18-15(17)14-11(3)20-13(16-14)9-19-12-7-5-10(2)6-8-12/h5-8H,4,9H2,1-3H3. The minimum absolute atomic E-state index is 0.326. The van der Waals surface area contributed by atoms with Gasteiger partial charge in [-0.15, -0.1) is 23.1 Å². The molecule has 106 valence electrons. The molecule has 0 N–H and O–H groups in total. The topological polar surface area (TPSA) is 39.2 Å². The van der Waals surface area contributed by atoms with Crippen molar-refractivity contribution in [2.45, 2.75) is 31.4 Å². The van der Waals surface area contributed by atoms with Gasteiger partial charge in [-0.05, 0) is 32.9 Å². The molecule has 0 fully saturated rings. The van der Waals surface area contributed by atoms with Crippen molar-refractivity contribution < 1.29 is 9.53 Å². The maximum Gasteiger partial charge on any atom is 0.358 e. The molecular weight excluding hydrogens is 290 g/mol. The second-order valence-corrected chi connectivity index (χ2v) is 6.67. The third kappa shape index (κ3) is 3.84. The summed E-state index contributed by atoms with van der Waals surface area (Å²) in [6.07, 6.45) is 0. The highest BCUT2D eigenvalue weighted by molar-refractivity contribution is 7.98. The average molecular weight is 307 g/mol. The summed E-state index contributed by atoms with van der Waals surface area (Å²) in [7, 11) is 0. The number of thioether (sulfide) groups is 1. The number of thiazole rings is 1. The number of carbonyl (C=O) groups is 1. The Labute approximate surface area is 127 Å². The number of aromatic nitrogens is 1. The van der Waals surface area contributed by atoms with E-state index in [4.69, 9.17) is 4.74 Å². The van der Waals surface area contributed by atoms with Gasteiger partial charge in [0, 0.05) is 9.77 Å². The third-order valence-corrected chi connectivity index (χ3v) is 4.87. The van der Waals surface area contributed by atoms with Gasteiger partial charge in [-0.3, -0.25) is 0 Å². The lowest BCUT2D eigenvalue weighted by atomic mass is 10.2. The first-order chi connectivity index (χ1) is 9.60. The highest BCUT2D eigenvalue weighted by Gasteiger charge is 2.16. The molecule has 5 heteroatoms. The van der Waals surface area contributed by atoms with E-state index in [1.807, 2.05) is 6.92 Å². The van der Waals surface area contributed by atoms with Crippen molar-refractivity contribution in [2.75, 3.05) is 6.61 Å². The van der Waals surface area contributed by atoms with Crippen molar-refractivity contribution in [3.63, 3.8) is 0 Å². The number of carbonyl (C=O) groups excluding carboxylic acids is 1. The molecule has 0 saturated carbocycles. The zero-order chi connectivity index (χ0) is 14.5. The van der Waals surface area contributed by atoms with Crippen LogP contribution in [0.2, 0.25) is 0 Å². The van der Waals surface area contributed by atoms with Crippen LogP contribution in [0, 0.1) is 13.8 Å². The monoisotopic (exact) mass is 307 g/mol. The van der Waals surface area contributed by atoms with Crippen LogP contribution in [-0.2, 0) is 10.5 Å². The fourth-order valence-electron chi connectivity index (χ4n) is 1.68. The number of benzene rings is 1. The molecule has 2 rings (SSSR count). The molecule has 2 aromatic rings. The van der Waals surface area contributed by atoms with E-state index in [2.05, 4.69) is 36.2 Å². The Morgan fingerprint density at radius 2 is 2.00 bits per heavy atom. The van der Waals surface area contributed by atoms with E-state index in [-0.39, 0.29) is 5.97 Å². The van der Waals surface area contributed by atoms with E-state index in [1.165, 1.54) is 10.5 Å². The van der Waals surface area contributed by atoms with Gasteiger partial charge < -0.3 is 4.74 Å². The van der Waals surface area contributed by atoms with Gasteiger partial charge in [-0.2, -0.15) is 0 Å². The van der Waals surface area contributed by atoms with Crippen LogP contribution in [0.1, 0.15) is 32.9 Å². The van der Waals surface area contributed by atoms with Crippen LogP contribution in [0.4, 0.5) is 0 Å². The van der Waals surface area contributed by atoms with E-state index in [1.54, 1.807) is 30.0 Å². The Morgan fingerprint density at radius 3 is 2.65 bits per heavy atom. The first-order valence-corrected chi connectivity index (χ1v) is 8.23. The molecule has 0 atom stereocenters. The number of ether oxygens (including phenoxy) is 1. The summed E-state index contributed by atoms with van der Waals surface area (Å²) >= 11 is 3.28. The third-order valence-electron chi connectivity index (χ3n) is 2.69. The first kappa shape index (κ1) is 15.1. The van der Waals surface area contributed by atoms with Crippen molar-refractivity contribution in [3.05, 3.63) is 45.4 Å². The van der Waals surface area contributed by atoms with E-state index in [0.717, 1.165) is 15.6 Å². The second kappa shape index (κ2) is 6.90. The Bertz CT molecular complexity index is 590. The first-order valence-electron chi connectivity index (χ1n) is 6.43. The molecule has 0 radical (unpaired) electrons. The van der Waals surface area contributed by atoms with Crippen LogP contribution in [0.3, 0.4) is 0 Å². The SMILES string of the molecule is CCOC(=O)c1nc(CSc2ccc(C)cc2)sc1C. The van der Waals surface area contributed by atoms with Crippen LogP contribution < -0.4 is 0 Å². The molecule has 3 nitrogen and oxygen atoms in total. The van der Waals surface area contributed by atoms with Gasteiger partial charge in [0.1, 0.15) is 5.01 Å². The Kier molecular flexibility index (Phi) is 5.20. The summed E-state index contributed by atoms with van der Waals surface area (Å²) in [4.78, 5) is 18.2. The van der Waals surface area contributed by atoms with Gasteiger partial charge >= 0.3 is 5.97 Å². The molecule has 1 aromatic heterocycles. The van der Waals surface area contributed by atoms with Gasteiger partial charge in [0.25, 0.3) is 0 Å². The van der Waals surface area contributed by atoms with Crippen molar-refractivity contribution in [1.82, 2.24) is 4.98 Å². The number of hydrogen-bond acceptors (Lipinski definition) is 5. The van der Waals surface area contributed by atoms with Gasteiger partial charge in [-0.1, -0.05) is 17.7 Å². The maximum absolute atomic E-state index is 11.7. The van der Waals surface area contributed by atoms with Gasteiger partial charge in [0.05, 0.1) is 12.4 Å². The molecule has 0 saturated heterocycles. The van der Waals surface area contributed by atoms with Gasteiger partial charge in [0.2, 0.25) is 0 Å². The molecule has 0 unspecified atom stereocenters. The molecule has 0 aliphatic rings. The molecule has 1 heterocycles. The quantitative estimate of drug-likeness (QED) is 0.612. The molecule has 0 aliphatic carbocycles. The van der Waals surface area contributed by atoms with E-state index in [9.17, 15) is 4.79 Å². The molecular formula is C15H17NO2S2. The van der Waals surface area contributed by atoms with Crippen LogP contribution in [0.25, 0.3) is 0 Å². The molecule has 1 aromatic carbocycles. The van der Waals surface area contributed by atoms with Crippen LogP contribution in [-0.4, -0.2) is 17.6 Å². The van der Waals surface area contributed by atoms with Crippen LogP contribution in [0.15, 0.2) is 29.2 Å². The summed E-state index contributed by atoms with van der Waals surface area (Å²) in [6, 6.07) is 8.40. The van der Waals surface area contributed by atoms with Crippen molar-refractivity contribution in [3.8, 4) is 0 Å². The highest BCUT2D eigenvalue weighted by atomic mass is 32.2. The molecule has 0 spiro atoms. The summed E-state index contributed by atoms with van der Waals surface area (Å²) < 4.78 is 5.00. The van der Waals surface area contributed by atoms with Crippen LogP contribution >= 0.6 is 23.1 Å². The summed E-state index contributed by atoms with van der Waals surface area (Å²) in [5.41, 5.74) is 1.71. The molecule has 0 amide bonds. The zero-order valence-corrected chi connectivity index (χ0v) is 13.4. The number of hydrogen-bond donors (Lipinski definition) is 0. The molecule has 0 bridgehead atoms. The summed E-state index contributed by atoms with van der Waals surface area (Å²) in [6.45, 7) is 6.16. The normalized spacial score (nSPS) is 10.6. The van der Waals surface area contributed by atoms with Crippen molar-refractivity contribution in [1.29, 1.82) is 0 Å². The predicted octanol–water partition coefficient (Wildman–Crippen LogP) is 4.23. The lowest BCUT2D eigenvalue weighted by Crippen LogP contribution is -2.06. The van der Waals surface area contributed by atoms with Crippen molar-refractivity contribution >= 4 is 29.1 Å². The van der Waals surface area contributed by atoms with E-state index < -0.39 is 0 Å². The Hall–Kier alpha value is -1.33. The lowest BCUT2D eigenvalue weighted by Gasteiger charge is -2.00. The highest BCUT2D eigenvalue weighted by Crippen LogP contribution is 2.27. The maximum atomic E-state index is 11.7. The summed E-state index contributed by atoms with van der Waals surface area (Å²) in [5, 5.41) is 0.955. The number of nitrogens with zero attached hydrogens (tertiary/aromatic N) is 1. The Balaban J connectivity index is 2.01. The average Bonchev–Trinajstić information content (AvgIpc) is 2.80. The molecule has 20 heavy (non-hydrogen) atoms. The summed E-state index contributed by atoms with van der Waals surface area (Å²) in [5.74, 6) is 0.446. The largest absolute Gasteiger partial charge is 0.461 e. The number of rotatable bonds is 5.